The smallest absolute Gasteiger partial charge is 0.203 e. The largest absolute Gasteiger partial charge is 0.490 e. The number of H-pyrrole nitrogens is 1. The van der Waals surface area contributed by atoms with E-state index in [4.69, 9.17) is 9.47 Å². The first-order chi connectivity index (χ1) is 8.25. The van der Waals surface area contributed by atoms with Crippen LogP contribution in [0.15, 0.2) is 27.6 Å². The summed E-state index contributed by atoms with van der Waals surface area (Å²) in [5.41, 5.74) is 0.705. The molecule has 88 valence electrons. The van der Waals surface area contributed by atoms with Crippen molar-refractivity contribution in [1.29, 1.82) is 0 Å². The fraction of sp³-hybridized carbons (Fsp3) is 0.250. The Morgan fingerprint density at radius 2 is 1.88 bits per heavy atom. The molecule has 1 N–H and O–H groups in total. The van der Waals surface area contributed by atoms with E-state index in [2.05, 4.69) is 20.9 Å². The number of hydrogen-bond acceptors (Lipinski definition) is 3. The summed E-state index contributed by atoms with van der Waals surface area (Å²) < 4.78 is 11.6. The molecule has 0 saturated carbocycles. The van der Waals surface area contributed by atoms with E-state index in [-0.39, 0.29) is 5.43 Å². The molecule has 2 aromatic rings. The highest BCUT2D eigenvalue weighted by Gasteiger charge is 2.13. The molecule has 1 aliphatic heterocycles. The number of rotatable bonds is 0. The van der Waals surface area contributed by atoms with Gasteiger partial charge in [0.2, 0.25) is 5.43 Å². The summed E-state index contributed by atoms with van der Waals surface area (Å²) in [7, 11) is 0. The van der Waals surface area contributed by atoms with E-state index in [1.165, 1.54) is 0 Å². The highest BCUT2D eigenvalue weighted by molar-refractivity contribution is 9.10. The number of aromatic nitrogens is 1. The van der Waals surface area contributed by atoms with Crippen molar-refractivity contribution in [1.82, 2.24) is 4.98 Å². The number of hydrogen-bond donors (Lipinski definition) is 1. The lowest BCUT2D eigenvalue weighted by Gasteiger charge is -2.08. The van der Waals surface area contributed by atoms with Crippen LogP contribution >= 0.6 is 15.9 Å². The summed E-state index contributed by atoms with van der Waals surface area (Å²) in [5.74, 6) is 1.33. The average Bonchev–Trinajstić information content (AvgIpc) is 2.57. The minimum Gasteiger partial charge on any atom is -0.490 e. The Bertz CT molecular complexity index is 635. The van der Waals surface area contributed by atoms with E-state index in [9.17, 15) is 4.79 Å². The second-order valence-corrected chi connectivity index (χ2v) is 4.72. The van der Waals surface area contributed by atoms with Gasteiger partial charge in [-0.2, -0.15) is 0 Å². The van der Waals surface area contributed by atoms with Gasteiger partial charge in [0.1, 0.15) is 0 Å². The quantitative estimate of drug-likeness (QED) is 0.812. The minimum atomic E-state index is -0.0469. The van der Waals surface area contributed by atoms with Crippen LogP contribution in [0.2, 0.25) is 0 Å². The number of fused-ring (bicyclic) bond motifs is 2. The van der Waals surface area contributed by atoms with Gasteiger partial charge < -0.3 is 14.5 Å². The number of halogens is 1. The Labute approximate surface area is 106 Å². The lowest BCUT2D eigenvalue weighted by atomic mass is 10.2. The van der Waals surface area contributed by atoms with Gasteiger partial charge in [-0.15, -0.1) is 0 Å². The molecule has 0 saturated heterocycles. The monoisotopic (exact) mass is 295 g/mol. The summed E-state index contributed by atoms with van der Waals surface area (Å²) in [6.45, 7) is 1.25. The number of benzene rings is 1. The predicted molar refractivity (Wildman–Crippen MR) is 67.9 cm³/mol. The Balaban J connectivity index is 2.29. The summed E-state index contributed by atoms with van der Waals surface area (Å²) in [6.07, 6.45) is 2.48. The molecular formula is C12H10BrNO3. The van der Waals surface area contributed by atoms with Crippen molar-refractivity contribution >= 4 is 26.8 Å². The molecule has 0 unspecified atom stereocenters. The standard InChI is InChI=1S/C12H10BrNO3/c13-8-6-14-9-5-11-10(4-7(9)12(8)15)16-2-1-3-17-11/h4-6H,1-3H2,(H,14,15). The van der Waals surface area contributed by atoms with Crippen molar-refractivity contribution in [2.45, 2.75) is 6.42 Å². The molecule has 0 aliphatic carbocycles. The Hall–Kier alpha value is -1.49. The van der Waals surface area contributed by atoms with Crippen LogP contribution in [0.5, 0.6) is 11.5 Å². The van der Waals surface area contributed by atoms with E-state index in [0.29, 0.717) is 34.6 Å². The third-order valence-corrected chi connectivity index (χ3v) is 3.29. The minimum absolute atomic E-state index is 0.0469. The summed E-state index contributed by atoms with van der Waals surface area (Å²) in [6, 6.07) is 3.55. The highest BCUT2D eigenvalue weighted by Crippen LogP contribution is 2.32. The van der Waals surface area contributed by atoms with Gasteiger partial charge in [-0.3, -0.25) is 4.79 Å². The molecule has 0 radical (unpaired) electrons. The third kappa shape index (κ3) is 1.80. The fourth-order valence-electron chi connectivity index (χ4n) is 1.85. The van der Waals surface area contributed by atoms with Crippen molar-refractivity contribution in [3.05, 3.63) is 33.0 Å². The second-order valence-electron chi connectivity index (χ2n) is 3.86. The van der Waals surface area contributed by atoms with Gasteiger partial charge in [0.25, 0.3) is 0 Å². The maximum Gasteiger partial charge on any atom is 0.203 e. The number of aromatic amines is 1. The lowest BCUT2D eigenvalue weighted by Crippen LogP contribution is -2.04. The van der Waals surface area contributed by atoms with Crippen LogP contribution in [0, 0.1) is 0 Å². The van der Waals surface area contributed by atoms with Crippen molar-refractivity contribution in [3.8, 4) is 11.5 Å². The molecule has 0 atom stereocenters. The average molecular weight is 296 g/mol. The summed E-state index contributed by atoms with van der Waals surface area (Å²) in [5, 5.41) is 0.601. The third-order valence-electron chi connectivity index (χ3n) is 2.70. The van der Waals surface area contributed by atoms with Gasteiger partial charge in [-0.1, -0.05) is 0 Å². The number of nitrogens with one attached hydrogen (secondary N) is 1. The molecule has 1 aliphatic rings. The molecule has 0 bridgehead atoms. The first-order valence-electron chi connectivity index (χ1n) is 5.36. The molecule has 4 nitrogen and oxygen atoms in total. The zero-order chi connectivity index (χ0) is 11.8. The van der Waals surface area contributed by atoms with Crippen molar-refractivity contribution in [2.75, 3.05) is 13.2 Å². The molecule has 1 aromatic carbocycles. The van der Waals surface area contributed by atoms with Gasteiger partial charge in [0, 0.05) is 18.7 Å². The van der Waals surface area contributed by atoms with Crippen LogP contribution in [0.3, 0.4) is 0 Å². The molecule has 0 amide bonds. The van der Waals surface area contributed by atoms with Crippen molar-refractivity contribution in [2.24, 2.45) is 0 Å². The fourth-order valence-corrected chi connectivity index (χ4v) is 2.18. The molecule has 3 rings (SSSR count). The van der Waals surface area contributed by atoms with Crippen molar-refractivity contribution < 1.29 is 9.47 Å². The molecule has 0 spiro atoms. The molecule has 5 heteroatoms. The van der Waals surface area contributed by atoms with E-state index in [1.807, 2.05) is 6.07 Å². The lowest BCUT2D eigenvalue weighted by molar-refractivity contribution is 0.297. The van der Waals surface area contributed by atoms with E-state index in [0.717, 1.165) is 11.9 Å². The zero-order valence-electron chi connectivity index (χ0n) is 8.96. The predicted octanol–water partition coefficient (Wildman–Crippen LogP) is 2.45. The van der Waals surface area contributed by atoms with Crippen LogP contribution in [-0.2, 0) is 0 Å². The first-order valence-corrected chi connectivity index (χ1v) is 6.15. The van der Waals surface area contributed by atoms with Crippen LogP contribution in [-0.4, -0.2) is 18.2 Å². The number of pyridine rings is 1. The molecule has 17 heavy (non-hydrogen) atoms. The van der Waals surface area contributed by atoms with Crippen LogP contribution in [0.25, 0.3) is 10.9 Å². The van der Waals surface area contributed by atoms with Gasteiger partial charge in [-0.25, -0.2) is 0 Å². The van der Waals surface area contributed by atoms with Gasteiger partial charge in [0.05, 0.1) is 28.6 Å². The first kappa shape index (κ1) is 10.7. The molecular weight excluding hydrogens is 286 g/mol. The normalized spacial score (nSPS) is 14.6. The summed E-state index contributed by atoms with van der Waals surface area (Å²) >= 11 is 3.21. The second kappa shape index (κ2) is 4.07. The Morgan fingerprint density at radius 1 is 1.18 bits per heavy atom. The Kier molecular flexibility index (Phi) is 2.55. The number of ether oxygens (including phenoxy) is 2. The van der Waals surface area contributed by atoms with Gasteiger partial charge in [-0.05, 0) is 22.0 Å². The zero-order valence-corrected chi connectivity index (χ0v) is 10.5. The maximum atomic E-state index is 11.9. The summed E-state index contributed by atoms with van der Waals surface area (Å²) in [4.78, 5) is 15.0. The van der Waals surface area contributed by atoms with Crippen LogP contribution in [0.1, 0.15) is 6.42 Å². The van der Waals surface area contributed by atoms with Crippen LogP contribution in [0.4, 0.5) is 0 Å². The molecule has 2 heterocycles. The SMILES string of the molecule is O=c1c(Br)c[nH]c2cc3c(cc12)OCCCO3. The van der Waals surface area contributed by atoms with Gasteiger partial charge >= 0.3 is 0 Å². The van der Waals surface area contributed by atoms with Crippen molar-refractivity contribution in [3.63, 3.8) is 0 Å². The topological polar surface area (TPSA) is 51.3 Å². The van der Waals surface area contributed by atoms with E-state index < -0.39 is 0 Å². The van der Waals surface area contributed by atoms with E-state index in [1.54, 1.807) is 12.3 Å². The Morgan fingerprint density at radius 3 is 2.65 bits per heavy atom. The maximum absolute atomic E-state index is 11.9. The highest BCUT2D eigenvalue weighted by atomic mass is 79.9. The molecule has 0 fully saturated rings. The van der Waals surface area contributed by atoms with Gasteiger partial charge in [0.15, 0.2) is 11.5 Å². The molecule has 1 aromatic heterocycles. The van der Waals surface area contributed by atoms with Crippen LogP contribution < -0.4 is 14.9 Å². The van der Waals surface area contributed by atoms with E-state index >= 15 is 0 Å².